The molecule has 0 radical (unpaired) electrons. The number of rotatable bonds is 7. The van der Waals surface area contributed by atoms with Gasteiger partial charge in [0.15, 0.2) is 0 Å². The van der Waals surface area contributed by atoms with Gasteiger partial charge >= 0.3 is 0 Å². The largest absolute Gasteiger partial charge is 0.387 e. The second-order valence-corrected chi connectivity index (χ2v) is 8.39. The first-order chi connectivity index (χ1) is 15.0. The summed E-state index contributed by atoms with van der Waals surface area (Å²) in [5.41, 5.74) is 2.62. The Bertz CT molecular complexity index is 901. The second-order valence-electron chi connectivity index (χ2n) is 8.39. The smallest absolute Gasteiger partial charge is 0.135 e. The number of aliphatic hydroxyl groups excluding tert-OH is 1. The van der Waals surface area contributed by atoms with Gasteiger partial charge in [-0.2, -0.15) is 0 Å². The van der Waals surface area contributed by atoms with Gasteiger partial charge in [0.2, 0.25) is 0 Å². The van der Waals surface area contributed by atoms with Crippen molar-refractivity contribution in [2.45, 2.75) is 44.4 Å². The number of halogens is 1. The Labute approximate surface area is 182 Å². The normalized spacial score (nSPS) is 23.4. The number of aromatic nitrogens is 2. The summed E-state index contributed by atoms with van der Waals surface area (Å²) in [6.07, 6.45) is 2.50. The van der Waals surface area contributed by atoms with E-state index in [2.05, 4.69) is 32.0 Å². The van der Waals surface area contributed by atoms with Crippen LogP contribution in [0.5, 0.6) is 0 Å². The van der Waals surface area contributed by atoms with Crippen LogP contribution < -0.4 is 10.2 Å². The molecule has 2 aromatic rings. The molecule has 2 aliphatic rings. The van der Waals surface area contributed by atoms with Crippen molar-refractivity contribution in [3.63, 3.8) is 0 Å². The number of carbonyl (C=O) groups is 1. The molecule has 0 amide bonds. The van der Waals surface area contributed by atoms with Crippen LogP contribution in [0, 0.1) is 5.82 Å². The van der Waals surface area contributed by atoms with Gasteiger partial charge in [0.1, 0.15) is 24.2 Å². The van der Waals surface area contributed by atoms with Crippen molar-refractivity contribution in [2.24, 2.45) is 0 Å². The van der Waals surface area contributed by atoms with E-state index in [9.17, 15) is 14.3 Å². The van der Waals surface area contributed by atoms with Crippen molar-refractivity contribution in [3.05, 3.63) is 53.2 Å². The molecule has 1 aliphatic carbocycles. The van der Waals surface area contributed by atoms with Gasteiger partial charge in [-0.25, -0.2) is 14.4 Å². The van der Waals surface area contributed by atoms with Crippen molar-refractivity contribution >= 4 is 12.1 Å². The molecule has 2 unspecified atom stereocenters. The lowest BCUT2D eigenvalue weighted by molar-refractivity contribution is -0.110. The lowest BCUT2D eigenvalue weighted by atomic mass is 9.95. The number of aldehydes is 1. The maximum atomic E-state index is 13.4. The summed E-state index contributed by atoms with van der Waals surface area (Å²) in [6, 6.07) is 6.17. The summed E-state index contributed by atoms with van der Waals surface area (Å²) in [7, 11) is 0. The maximum absolute atomic E-state index is 13.4. The number of nitrogens with one attached hydrogen (secondary N) is 1. The molecule has 4 atom stereocenters. The fourth-order valence-corrected chi connectivity index (χ4v) is 4.88. The highest BCUT2D eigenvalue weighted by atomic mass is 19.1. The van der Waals surface area contributed by atoms with Crippen LogP contribution in [0.25, 0.3) is 0 Å². The molecule has 1 fully saturated rings. The molecule has 1 saturated heterocycles. The Kier molecular flexibility index (Phi) is 6.60. The number of anilines is 1. The van der Waals surface area contributed by atoms with Gasteiger partial charge in [-0.1, -0.05) is 26.0 Å². The third kappa shape index (κ3) is 4.33. The van der Waals surface area contributed by atoms with Crippen molar-refractivity contribution in [1.29, 1.82) is 0 Å². The lowest BCUT2D eigenvalue weighted by Crippen LogP contribution is -2.57. The first kappa shape index (κ1) is 21.8. The van der Waals surface area contributed by atoms with E-state index in [4.69, 9.17) is 0 Å². The Morgan fingerprint density at radius 1 is 1.23 bits per heavy atom. The minimum Gasteiger partial charge on any atom is -0.387 e. The quantitative estimate of drug-likeness (QED) is 0.656. The van der Waals surface area contributed by atoms with Crippen LogP contribution in [0.1, 0.15) is 55.0 Å². The van der Waals surface area contributed by atoms with Crippen molar-refractivity contribution in [3.8, 4) is 0 Å². The molecule has 4 rings (SSSR count). The van der Waals surface area contributed by atoms with Crippen molar-refractivity contribution < 1.29 is 14.3 Å². The first-order valence-corrected chi connectivity index (χ1v) is 11.0. The highest BCUT2D eigenvalue weighted by Gasteiger charge is 2.35. The Hall–Kier alpha value is -2.42. The number of hydrogen-bond donors (Lipinski definition) is 2. The molecule has 0 spiro atoms. The van der Waals surface area contributed by atoms with Crippen LogP contribution in [0.15, 0.2) is 30.6 Å². The second kappa shape index (κ2) is 9.38. The minimum absolute atomic E-state index is 0.160. The number of likely N-dealkylation sites (N-methyl/N-ethyl adjacent to an activating group) is 1. The number of benzene rings is 1. The molecule has 1 aliphatic heterocycles. The molecular weight excluding hydrogens is 397 g/mol. The third-order valence-corrected chi connectivity index (χ3v) is 6.44. The van der Waals surface area contributed by atoms with Gasteiger partial charge in [-0.05, 0) is 36.6 Å². The fraction of sp³-hybridized carbons (Fsp3) is 0.522. The molecule has 1 aromatic carbocycles. The Balaban J connectivity index is 1.50. The van der Waals surface area contributed by atoms with E-state index < -0.39 is 6.10 Å². The number of hydrogen-bond acceptors (Lipinski definition) is 7. The predicted molar refractivity (Wildman–Crippen MR) is 116 cm³/mol. The minimum atomic E-state index is -0.518. The summed E-state index contributed by atoms with van der Waals surface area (Å²) in [5.74, 6) is 0.454. The van der Waals surface area contributed by atoms with Crippen molar-refractivity contribution in [1.82, 2.24) is 20.2 Å². The number of nitrogens with zero attached hydrogens (tertiary/aromatic N) is 4. The highest BCUT2D eigenvalue weighted by molar-refractivity contribution is 5.63. The predicted octanol–water partition coefficient (Wildman–Crippen LogP) is 2.20. The van der Waals surface area contributed by atoms with E-state index in [1.165, 1.54) is 12.1 Å². The van der Waals surface area contributed by atoms with E-state index in [0.717, 1.165) is 61.6 Å². The molecule has 8 heteroatoms. The zero-order valence-electron chi connectivity index (χ0n) is 18.0. The average molecular weight is 428 g/mol. The highest BCUT2D eigenvalue weighted by Crippen LogP contribution is 2.42. The van der Waals surface area contributed by atoms with E-state index in [1.807, 2.05) is 6.92 Å². The Morgan fingerprint density at radius 2 is 1.94 bits per heavy atom. The zero-order valence-corrected chi connectivity index (χ0v) is 18.0. The van der Waals surface area contributed by atoms with Crippen LogP contribution in [-0.4, -0.2) is 65.2 Å². The van der Waals surface area contributed by atoms with Gasteiger partial charge in [0.05, 0.1) is 23.9 Å². The fourth-order valence-electron chi connectivity index (χ4n) is 4.88. The zero-order chi connectivity index (χ0) is 22.0. The van der Waals surface area contributed by atoms with Gasteiger partial charge in [0, 0.05) is 31.7 Å². The lowest BCUT2D eigenvalue weighted by Gasteiger charge is -2.42. The van der Waals surface area contributed by atoms with Gasteiger partial charge in [0.25, 0.3) is 0 Å². The van der Waals surface area contributed by atoms with E-state index >= 15 is 0 Å². The molecular formula is C23H30FN5O2. The van der Waals surface area contributed by atoms with E-state index in [1.54, 1.807) is 18.5 Å². The maximum Gasteiger partial charge on any atom is 0.135 e. The summed E-state index contributed by atoms with van der Waals surface area (Å²) >= 11 is 0. The first-order valence-electron chi connectivity index (χ1n) is 11.0. The van der Waals surface area contributed by atoms with Crippen LogP contribution >= 0.6 is 0 Å². The monoisotopic (exact) mass is 427 g/mol. The van der Waals surface area contributed by atoms with Crippen LogP contribution in [0.3, 0.4) is 0 Å². The number of aliphatic hydroxyl groups is 1. The van der Waals surface area contributed by atoms with Gasteiger partial charge in [-0.15, -0.1) is 0 Å². The summed E-state index contributed by atoms with van der Waals surface area (Å²) in [5, 5.41) is 13.7. The summed E-state index contributed by atoms with van der Waals surface area (Å²) < 4.78 is 13.4. The topological polar surface area (TPSA) is 81.6 Å². The Morgan fingerprint density at radius 3 is 2.58 bits per heavy atom. The number of fused-ring (bicyclic) bond motifs is 1. The molecule has 2 heterocycles. The molecule has 7 nitrogen and oxygen atoms in total. The molecule has 0 bridgehead atoms. The standard InChI is InChI=1S/C23H30FN5O2/c1-3-25-22(18(13-30)16-4-6-17(24)7-5-16)28-8-10-29(11-9-28)23-20-15(2)12-19(31)21(20)26-14-27-23/h4-7,13-15,18-19,22,25,31H,3,8-12H2,1-2H3/t15-,18?,19-,22?/m1/s1. The van der Waals surface area contributed by atoms with Crippen molar-refractivity contribution in [2.75, 3.05) is 37.6 Å². The average Bonchev–Trinajstić information content (AvgIpc) is 3.09. The molecule has 1 aromatic heterocycles. The summed E-state index contributed by atoms with van der Waals surface area (Å²) in [6.45, 7) is 7.92. The molecule has 0 saturated carbocycles. The van der Waals surface area contributed by atoms with Crippen LogP contribution in [-0.2, 0) is 4.79 Å². The van der Waals surface area contributed by atoms with Gasteiger partial charge < -0.3 is 20.1 Å². The van der Waals surface area contributed by atoms with Crippen LogP contribution in [0.4, 0.5) is 10.2 Å². The SMILES string of the molecule is CCNC(C(C=O)c1ccc(F)cc1)N1CCN(c2ncnc3c2[C@H](C)C[C@H]3O)CC1. The van der Waals surface area contributed by atoms with E-state index in [-0.39, 0.29) is 23.8 Å². The van der Waals surface area contributed by atoms with E-state index in [0.29, 0.717) is 6.42 Å². The number of piperazine rings is 1. The molecule has 2 N–H and O–H groups in total. The summed E-state index contributed by atoms with van der Waals surface area (Å²) in [4.78, 5) is 25.4. The van der Waals surface area contributed by atoms with Gasteiger partial charge in [-0.3, -0.25) is 4.90 Å². The molecule has 166 valence electrons. The third-order valence-electron chi connectivity index (χ3n) is 6.44. The van der Waals surface area contributed by atoms with Crippen LogP contribution in [0.2, 0.25) is 0 Å². The molecule has 31 heavy (non-hydrogen) atoms. The number of carbonyl (C=O) groups excluding carboxylic acids is 1.